The van der Waals surface area contributed by atoms with Crippen LogP contribution in [0.2, 0.25) is 5.02 Å². The molecule has 0 heterocycles. The highest BCUT2D eigenvalue weighted by Gasteiger charge is 2.51. The fourth-order valence-corrected chi connectivity index (χ4v) is 3.24. The van der Waals surface area contributed by atoms with Crippen LogP contribution >= 0.6 is 11.6 Å². The van der Waals surface area contributed by atoms with Gasteiger partial charge in [-0.05, 0) is 49.8 Å². The smallest absolute Gasteiger partial charge is 0.407 e. The van der Waals surface area contributed by atoms with E-state index in [-0.39, 0.29) is 11.9 Å². The van der Waals surface area contributed by atoms with Gasteiger partial charge in [-0.2, -0.15) is 0 Å². The Kier molecular flexibility index (Phi) is 6.71. The average molecular weight is 367 g/mol. The fourth-order valence-electron chi connectivity index (χ4n) is 3.04. The maximum atomic E-state index is 12.7. The van der Waals surface area contributed by atoms with E-state index in [0.29, 0.717) is 24.1 Å². The molecule has 0 spiro atoms. The van der Waals surface area contributed by atoms with Gasteiger partial charge in [0.25, 0.3) is 0 Å². The molecule has 1 aliphatic carbocycles. The molecular formula is C19H27ClN2O3. The van der Waals surface area contributed by atoms with E-state index in [0.717, 1.165) is 24.8 Å². The third-order valence-corrected chi connectivity index (χ3v) is 4.66. The molecule has 1 aliphatic rings. The monoisotopic (exact) mass is 366 g/mol. The first-order chi connectivity index (χ1) is 11.9. The predicted molar refractivity (Wildman–Crippen MR) is 98.8 cm³/mol. The number of hydrogen-bond acceptors (Lipinski definition) is 3. The van der Waals surface area contributed by atoms with Gasteiger partial charge < -0.3 is 15.4 Å². The lowest BCUT2D eigenvalue weighted by Gasteiger charge is -2.23. The van der Waals surface area contributed by atoms with Crippen LogP contribution in [0.15, 0.2) is 24.3 Å². The Bertz CT molecular complexity index is 614. The zero-order valence-electron chi connectivity index (χ0n) is 15.1. The number of nitrogens with one attached hydrogen (secondary N) is 2. The lowest BCUT2D eigenvalue weighted by molar-refractivity contribution is -0.123. The number of ether oxygens (including phenoxy) is 1. The predicted octanol–water partition coefficient (Wildman–Crippen LogP) is 3.65. The summed E-state index contributed by atoms with van der Waals surface area (Å²) in [5, 5.41) is 6.47. The molecule has 5 nitrogen and oxygen atoms in total. The first-order valence-electron chi connectivity index (χ1n) is 8.85. The number of carbonyl (C=O) groups excluding carboxylic acids is 2. The summed E-state index contributed by atoms with van der Waals surface area (Å²) in [7, 11) is 0. The van der Waals surface area contributed by atoms with Gasteiger partial charge in [0, 0.05) is 17.6 Å². The topological polar surface area (TPSA) is 67.4 Å². The second-order valence-electron chi connectivity index (χ2n) is 6.99. The highest BCUT2D eigenvalue weighted by Crippen LogP contribution is 2.48. The highest BCUT2D eigenvalue weighted by molar-refractivity contribution is 6.30. The van der Waals surface area contributed by atoms with E-state index in [1.807, 2.05) is 18.2 Å². The van der Waals surface area contributed by atoms with Crippen LogP contribution in [0.1, 0.15) is 45.6 Å². The zero-order chi connectivity index (χ0) is 18.4. The van der Waals surface area contributed by atoms with Crippen molar-refractivity contribution in [2.75, 3.05) is 13.2 Å². The molecule has 138 valence electrons. The largest absolute Gasteiger partial charge is 0.450 e. The van der Waals surface area contributed by atoms with Crippen molar-refractivity contribution in [3.63, 3.8) is 0 Å². The van der Waals surface area contributed by atoms with Crippen molar-refractivity contribution >= 4 is 23.6 Å². The number of amides is 2. The Morgan fingerprint density at radius 1 is 1.32 bits per heavy atom. The molecule has 0 saturated heterocycles. The third kappa shape index (κ3) is 5.36. The van der Waals surface area contributed by atoms with E-state index >= 15 is 0 Å². The minimum Gasteiger partial charge on any atom is -0.450 e. The third-order valence-electron chi connectivity index (χ3n) is 4.42. The average Bonchev–Trinajstić information content (AvgIpc) is 3.34. The molecule has 25 heavy (non-hydrogen) atoms. The van der Waals surface area contributed by atoms with E-state index in [1.165, 1.54) is 0 Å². The van der Waals surface area contributed by atoms with Gasteiger partial charge in [0.1, 0.15) is 0 Å². The fraction of sp³-hybridized carbons (Fsp3) is 0.579. The van der Waals surface area contributed by atoms with Gasteiger partial charge in [-0.15, -0.1) is 0 Å². The number of carbonyl (C=O) groups is 2. The van der Waals surface area contributed by atoms with Crippen molar-refractivity contribution in [3.05, 3.63) is 34.9 Å². The lowest BCUT2D eigenvalue weighted by Crippen LogP contribution is -2.46. The molecule has 0 aromatic heterocycles. The van der Waals surface area contributed by atoms with Crippen molar-refractivity contribution < 1.29 is 14.3 Å². The summed E-state index contributed by atoms with van der Waals surface area (Å²) in [5.41, 5.74) is 0.480. The number of alkyl carbamates (subject to hydrolysis) is 1. The molecule has 0 bridgehead atoms. The van der Waals surface area contributed by atoms with Crippen LogP contribution in [0.25, 0.3) is 0 Å². The Morgan fingerprint density at radius 2 is 2.04 bits per heavy atom. The van der Waals surface area contributed by atoms with Gasteiger partial charge in [-0.1, -0.05) is 37.6 Å². The molecule has 2 rings (SSSR count). The first kappa shape index (κ1) is 19.6. The van der Waals surface area contributed by atoms with Crippen LogP contribution < -0.4 is 10.6 Å². The minimum absolute atomic E-state index is 0.00539. The van der Waals surface area contributed by atoms with Gasteiger partial charge in [0.15, 0.2) is 0 Å². The van der Waals surface area contributed by atoms with Gasteiger partial charge in [-0.3, -0.25) is 4.79 Å². The molecule has 0 radical (unpaired) electrons. The molecule has 0 aliphatic heterocycles. The number of hydrogen-bond donors (Lipinski definition) is 2. The molecular weight excluding hydrogens is 340 g/mol. The van der Waals surface area contributed by atoms with E-state index in [4.69, 9.17) is 16.3 Å². The maximum absolute atomic E-state index is 12.7. The Morgan fingerprint density at radius 3 is 2.60 bits per heavy atom. The van der Waals surface area contributed by atoms with Crippen LogP contribution in [0.4, 0.5) is 4.79 Å². The molecule has 1 aromatic rings. The maximum Gasteiger partial charge on any atom is 0.407 e. The SMILES string of the molecule is CCOC(=O)NC(CNC(=O)C1(c2cccc(Cl)c2)CC1)CC(C)C. The molecule has 1 atom stereocenters. The number of halogens is 1. The Labute approximate surface area is 154 Å². The van der Waals surface area contributed by atoms with Crippen LogP contribution in [-0.4, -0.2) is 31.2 Å². The molecule has 2 N–H and O–H groups in total. The summed E-state index contributed by atoms with van der Waals surface area (Å²) in [5.74, 6) is 0.390. The standard InChI is InChI=1S/C19H27ClN2O3/c1-4-25-18(24)22-16(10-13(2)3)12-21-17(23)19(8-9-19)14-6-5-7-15(20)11-14/h5-7,11,13,16H,4,8-10,12H2,1-3H3,(H,21,23)(H,22,24). The summed E-state index contributed by atoms with van der Waals surface area (Å²) >= 11 is 6.06. The lowest BCUT2D eigenvalue weighted by atomic mass is 9.94. The van der Waals surface area contributed by atoms with Crippen molar-refractivity contribution in [1.82, 2.24) is 10.6 Å². The van der Waals surface area contributed by atoms with Crippen molar-refractivity contribution in [2.24, 2.45) is 5.92 Å². The van der Waals surface area contributed by atoms with Gasteiger partial charge >= 0.3 is 6.09 Å². The highest BCUT2D eigenvalue weighted by atomic mass is 35.5. The number of benzene rings is 1. The molecule has 1 saturated carbocycles. The normalized spacial score (nSPS) is 16.2. The molecule has 1 fully saturated rings. The van der Waals surface area contributed by atoms with E-state index < -0.39 is 11.5 Å². The van der Waals surface area contributed by atoms with Crippen LogP contribution in [0, 0.1) is 5.92 Å². The quantitative estimate of drug-likeness (QED) is 0.738. The van der Waals surface area contributed by atoms with Gasteiger partial charge in [-0.25, -0.2) is 4.79 Å². The minimum atomic E-state index is -0.475. The Balaban J connectivity index is 1.97. The molecule has 6 heteroatoms. The second-order valence-corrected chi connectivity index (χ2v) is 7.43. The van der Waals surface area contributed by atoms with E-state index in [9.17, 15) is 9.59 Å². The van der Waals surface area contributed by atoms with E-state index in [1.54, 1.807) is 13.0 Å². The van der Waals surface area contributed by atoms with Crippen molar-refractivity contribution in [3.8, 4) is 0 Å². The summed E-state index contributed by atoms with van der Waals surface area (Å²) in [6.45, 7) is 6.63. The molecule has 1 aromatic carbocycles. The van der Waals surface area contributed by atoms with Crippen molar-refractivity contribution in [2.45, 2.75) is 51.5 Å². The van der Waals surface area contributed by atoms with Crippen LogP contribution in [0.3, 0.4) is 0 Å². The summed E-state index contributed by atoms with van der Waals surface area (Å²) in [4.78, 5) is 24.4. The van der Waals surface area contributed by atoms with Crippen molar-refractivity contribution in [1.29, 1.82) is 0 Å². The first-order valence-corrected chi connectivity index (χ1v) is 9.23. The molecule has 1 unspecified atom stereocenters. The number of rotatable bonds is 8. The van der Waals surface area contributed by atoms with Gasteiger partial charge in [0.2, 0.25) is 5.91 Å². The second kappa shape index (κ2) is 8.56. The Hall–Kier alpha value is -1.75. The summed E-state index contributed by atoms with van der Waals surface area (Å²) < 4.78 is 4.95. The van der Waals surface area contributed by atoms with Gasteiger partial charge in [0.05, 0.1) is 12.0 Å². The van der Waals surface area contributed by atoms with Crippen LogP contribution in [0.5, 0.6) is 0 Å². The summed E-state index contributed by atoms with van der Waals surface area (Å²) in [6, 6.07) is 7.33. The van der Waals surface area contributed by atoms with Crippen LogP contribution in [-0.2, 0) is 14.9 Å². The van der Waals surface area contributed by atoms with E-state index in [2.05, 4.69) is 24.5 Å². The zero-order valence-corrected chi connectivity index (χ0v) is 15.9. The molecule has 2 amide bonds. The summed E-state index contributed by atoms with van der Waals surface area (Å²) in [6.07, 6.45) is 1.96.